The molecule has 0 amide bonds. The highest BCUT2D eigenvalue weighted by Gasteiger charge is 2.17. The maximum absolute atomic E-state index is 13.5. The van der Waals surface area contributed by atoms with E-state index in [1.165, 1.54) is 12.1 Å². The SMILES string of the molecule is O=S(=O)(NCCc1ccccc1F)c1ccc(Br)cc1Br. The number of benzene rings is 2. The van der Waals surface area contributed by atoms with E-state index in [1.54, 1.807) is 30.3 Å². The van der Waals surface area contributed by atoms with Gasteiger partial charge in [0.05, 0.1) is 4.90 Å². The Morgan fingerprint density at radius 1 is 1.10 bits per heavy atom. The maximum Gasteiger partial charge on any atom is 0.241 e. The number of halogens is 3. The molecule has 3 nitrogen and oxygen atoms in total. The van der Waals surface area contributed by atoms with Crippen molar-refractivity contribution in [3.05, 3.63) is 62.8 Å². The van der Waals surface area contributed by atoms with Crippen molar-refractivity contribution in [3.8, 4) is 0 Å². The second kappa shape index (κ2) is 7.00. The summed E-state index contributed by atoms with van der Waals surface area (Å²) < 4.78 is 41.5. The molecule has 2 aromatic carbocycles. The summed E-state index contributed by atoms with van der Waals surface area (Å²) in [5, 5.41) is 0. The fraction of sp³-hybridized carbons (Fsp3) is 0.143. The van der Waals surface area contributed by atoms with E-state index >= 15 is 0 Å². The first kappa shape index (κ1) is 16.6. The highest BCUT2D eigenvalue weighted by molar-refractivity contribution is 9.11. The Labute approximate surface area is 139 Å². The van der Waals surface area contributed by atoms with Crippen LogP contribution in [0.3, 0.4) is 0 Å². The predicted octanol–water partition coefficient (Wildman–Crippen LogP) is 3.87. The molecule has 0 heterocycles. The van der Waals surface area contributed by atoms with Crippen LogP contribution < -0.4 is 4.72 Å². The highest BCUT2D eigenvalue weighted by atomic mass is 79.9. The normalized spacial score (nSPS) is 11.6. The monoisotopic (exact) mass is 435 g/mol. The van der Waals surface area contributed by atoms with E-state index in [0.717, 1.165) is 4.47 Å². The standard InChI is InChI=1S/C14H12Br2FNO2S/c15-11-5-6-14(12(16)9-11)21(19,20)18-8-7-10-3-1-2-4-13(10)17/h1-6,9,18H,7-8H2. The van der Waals surface area contributed by atoms with E-state index in [9.17, 15) is 12.8 Å². The van der Waals surface area contributed by atoms with Crippen LogP contribution in [-0.4, -0.2) is 15.0 Å². The highest BCUT2D eigenvalue weighted by Crippen LogP contribution is 2.25. The van der Waals surface area contributed by atoms with Crippen molar-refractivity contribution in [2.75, 3.05) is 6.54 Å². The number of hydrogen-bond donors (Lipinski definition) is 1. The maximum atomic E-state index is 13.5. The Morgan fingerprint density at radius 2 is 1.81 bits per heavy atom. The summed E-state index contributed by atoms with van der Waals surface area (Å²) in [4.78, 5) is 0.152. The van der Waals surface area contributed by atoms with Gasteiger partial charge < -0.3 is 0 Å². The smallest absolute Gasteiger partial charge is 0.211 e. The lowest BCUT2D eigenvalue weighted by atomic mass is 10.1. The van der Waals surface area contributed by atoms with E-state index in [2.05, 4.69) is 36.6 Å². The van der Waals surface area contributed by atoms with Crippen LogP contribution in [0, 0.1) is 5.82 Å². The predicted molar refractivity (Wildman–Crippen MR) is 87.1 cm³/mol. The molecule has 0 aromatic heterocycles. The molecule has 2 aromatic rings. The fourth-order valence-electron chi connectivity index (χ4n) is 1.79. The third kappa shape index (κ3) is 4.35. The van der Waals surface area contributed by atoms with Crippen LogP contribution in [0.2, 0.25) is 0 Å². The summed E-state index contributed by atoms with van der Waals surface area (Å²) in [7, 11) is -3.63. The molecule has 0 bridgehead atoms. The van der Waals surface area contributed by atoms with Gasteiger partial charge in [-0.15, -0.1) is 0 Å². The van der Waals surface area contributed by atoms with Gasteiger partial charge in [0, 0.05) is 15.5 Å². The molecule has 0 aliphatic rings. The molecule has 7 heteroatoms. The number of sulfonamides is 1. The summed E-state index contributed by atoms with van der Waals surface area (Å²) in [5.74, 6) is -0.332. The van der Waals surface area contributed by atoms with Gasteiger partial charge in [0.1, 0.15) is 5.82 Å². The first-order valence-corrected chi connectivity index (χ1v) is 9.15. The molecule has 0 unspecified atom stereocenters. The lowest BCUT2D eigenvalue weighted by molar-refractivity contribution is 0.577. The number of hydrogen-bond acceptors (Lipinski definition) is 2. The minimum Gasteiger partial charge on any atom is -0.211 e. The van der Waals surface area contributed by atoms with E-state index in [-0.39, 0.29) is 17.3 Å². The zero-order valence-corrected chi connectivity index (χ0v) is 14.8. The molecule has 0 atom stereocenters. The largest absolute Gasteiger partial charge is 0.241 e. The molecule has 2 rings (SSSR count). The van der Waals surface area contributed by atoms with E-state index in [4.69, 9.17) is 0 Å². The van der Waals surface area contributed by atoms with Gasteiger partial charge in [-0.1, -0.05) is 34.1 Å². The zero-order chi connectivity index (χ0) is 15.5. The number of nitrogens with one attached hydrogen (secondary N) is 1. The average molecular weight is 437 g/mol. The summed E-state index contributed by atoms with van der Waals surface area (Å²) in [6.07, 6.45) is 0.292. The van der Waals surface area contributed by atoms with Crippen LogP contribution >= 0.6 is 31.9 Å². The van der Waals surface area contributed by atoms with Crippen molar-refractivity contribution >= 4 is 41.9 Å². The summed E-state index contributed by atoms with van der Waals surface area (Å²) in [6.45, 7) is 0.131. The van der Waals surface area contributed by atoms with E-state index in [1.807, 2.05) is 0 Å². The number of rotatable bonds is 5. The first-order chi connectivity index (χ1) is 9.90. The molecule has 0 aliphatic heterocycles. The molecule has 112 valence electrons. The summed E-state index contributed by atoms with van der Waals surface area (Å²) in [6, 6.07) is 11.1. The van der Waals surface area contributed by atoms with Crippen molar-refractivity contribution < 1.29 is 12.8 Å². The van der Waals surface area contributed by atoms with Crippen LogP contribution in [0.25, 0.3) is 0 Å². The molecule has 0 radical (unpaired) electrons. The quantitative estimate of drug-likeness (QED) is 0.773. The summed E-state index contributed by atoms with van der Waals surface area (Å²) >= 11 is 6.49. The minimum atomic E-state index is -3.63. The molecule has 21 heavy (non-hydrogen) atoms. The lowest BCUT2D eigenvalue weighted by Gasteiger charge is -2.09. The first-order valence-electron chi connectivity index (χ1n) is 6.08. The van der Waals surface area contributed by atoms with Crippen LogP contribution in [0.15, 0.2) is 56.3 Å². The van der Waals surface area contributed by atoms with Gasteiger partial charge in [-0.25, -0.2) is 17.5 Å². The summed E-state index contributed by atoms with van der Waals surface area (Å²) in [5.41, 5.74) is 0.482. The van der Waals surface area contributed by atoms with Crippen molar-refractivity contribution in [2.24, 2.45) is 0 Å². The Kier molecular flexibility index (Phi) is 5.54. The van der Waals surface area contributed by atoms with Crippen LogP contribution in [0.5, 0.6) is 0 Å². The minimum absolute atomic E-state index is 0.131. The zero-order valence-electron chi connectivity index (χ0n) is 10.8. The van der Waals surface area contributed by atoms with Gasteiger partial charge in [0.15, 0.2) is 0 Å². The van der Waals surface area contributed by atoms with Gasteiger partial charge in [0.25, 0.3) is 0 Å². The fourth-order valence-corrected chi connectivity index (χ4v) is 4.57. The van der Waals surface area contributed by atoms with Gasteiger partial charge in [-0.2, -0.15) is 0 Å². The molecule has 0 aliphatic carbocycles. The average Bonchev–Trinajstić information content (AvgIpc) is 2.40. The molecule has 0 spiro atoms. The second-order valence-corrected chi connectivity index (χ2v) is 7.82. The molecule has 0 saturated heterocycles. The Balaban J connectivity index is 2.07. The van der Waals surface area contributed by atoms with E-state index in [0.29, 0.717) is 16.5 Å². The van der Waals surface area contributed by atoms with Gasteiger partial charge in [-0.3, -0.25) is 0 Å². The molecular weight excluding hydrogens is 425 g/mol. The molecule has 0 saturated carbocycles. The Bertz CT molecular complexity index is 750. The molecule has 0 fully saturated rings. The van der Waals surface area contributed by atoms with Crippen molar-refractivity contribution in [3.63, 3.8) is 0 Å². The third-order valence-electron chi connectivity index (χ3n) is 2.83. The second-order valence-electron chi connectivity index (χ2n) is 4.31. The van der Waals surface area contributed by atoms with Crippen molar-refractivity contribution in [1.29, 1.82) is 0 Å². The van der Waals surface area contributed by atoms with Gasteiger partial charge in [-0.05, 0) is 52.2 Å². The Morgan fingerprint density at radius 3 is 2.48 bits per heavy atom. The topological polar surface area (TPSA) is 46.2 Å². The molecule has 1 N–H and O–H groups in total. The molecular formula is C14H12Br2FNO2S. The van der Waals surface area contributed by atoms with Crippen molar-refractivity contribution in [2.45, 2.75) is 11.3 Å². The Hall–Kier alpha value is -0.760. The van der Waals surface area contributed by atoms with Crippen LogP contribution in [0.1, 0.15) is 5.56 Å². The van der Waals surface area contributed by atoms with Crippen LogP contribution in [-0.2, 0) is 16.4 Å². The van der Waals surface area contributed by atoms with E-state index < -0.39 is 10.0 Å². The van der Waals surface area contributed by atoms with Crippen LogP contribution in [0.4, 0.5) is 4.39 Å². The van der Waals surface area contributed by atoms with Crippen molar-refractivity contribution in [1.82, 2.24) is 4.72 Å². The lowest BCUT2D eigenvalue weighted by Crippen LogP contribution is -2.26. The third-order valence-corrected chi connectivity index (χ3v) is 5.76. The van der Waals surface area contributed by atoms with Gasteiger partial charge >= 0.3 is 0 Å². The van der Waals surface area contributed by atoms with Gasteiger partial charge in [0.2, 0.25) is 10.0 Å².